The van der Waals surface area contributed by atoms with Crippen LogP contribution in [-0.2, 0) is 10.0 Å². The van der Waals surface area contributed by atoms with Gasteiger partial charge >= 0.3 is 0 Å². The lowest BCUT2D eigenvalue weighted by Crippen LogP contribution is -2.42. The highest BCUT2D eigenvalue weighted by Crippen LogP contribution is 2.28. The fraction of sp³-hybridized carbons (Fsp3) is 0.471. The number of halogens is 1. The summed E-state index contributed by atoms with van der Waals surface area (Å²) in [5, 5.41) is 4.02. The Morgan fingerprint density at radius 1 is 1.38 bits per heavy atom. The number of sulfonamides is 1. The van der Waals surface area contributed by atoms with Crippen molar-refractivity contribution in [1.82, 2.24) is 14.6 Å². The van der Waals surface area contributed by atoms with Crippen LogP contribution in [0.15, 0.2) is 35.4 Å². The van der Waals surface area contributed by atoms with Crippen molar-refractivity contribution in [1.29, 1.82) is 0 Å². The Labute approximate surface area is 149 Å². The molecule has 1 saturated heterocycles. The molecule has 1 aromatic heterocycles. The minimum Gasteiger partial charge on any atom is -0.319 e. The van der Waals surface area contributed by atoms with Gasteiger partial charge in [0.2, 0.25) is 10.0 Å². The van der Waals surface area contributed by atoms with E-state index in [2.05, 4.69) is 10.3 Å². The molecule has 1 N–H and O–H groups in total. The average Bonchev–Trinajstić information content (AvgIpc) is 2.54. The fourth-order valence-electron chi connectivity index (χ4n) is 3.29. The summed E-state index contributed by atoms with van der Waals surface area (Å²) < 4.78 is 27.8. The van der Waals surface area contributed by atoms with Crippen LogP contribution < -0.4 is 5.32 Å². The fourth-order valence-corrected chi connectivity index (χ4v) is 5.01. The van der Waals surface area contributed by atoms with Crippen molar-refractivity contribution in [3.63, 3.8) is 0 Å². The van der Waals surface area contributed by atoms with Gasteiger partial charge in [0, 0.05) is 24.7 Å². The molecule has 5 nitrogen and oxygen atoms in total. The lowest BCUT2D eigenvalue weighted by atomic mass is 10.00. The number of para-hydroxylation sites is 1. The molecule has 1 unspecified atom stereocenters. The largest absolute Gasteiger partial charge is 0.319 e. The number of pyridine rings is 1. The normalized spacial score (nSPS) is 19.2. The molecule has 132 valence electrons. The molecule has 0 saturated carbocycles. The summed E-state index contributed by atoms with van der Waals surface area (Å²) >= 11 is 0. The van der Waals surface area contributed by atoms with Crippen LogP contribution in [-0.4, -0.2) is 44.4 Å². The molecule has 2 aromatic rings. The zero-order valence-corrected chi connectivity index (χ0v) is 15.7. The second-order valence-corrected chi connectivity index (χ2v) is 8.18. The summed E-state index contributed by atoms with van der Waals surface area (Å²) in [6.45, 7) is 3.97. The van der Waals surface area contributed by atoms with Gasteiger partial charge in [-0.05, 0) is 57.0 Å². The molecule has 0 aliphatic carbocycles. The van der Waals surface area contributed by atoms with Gasteiger partial charge in [0.25, 0.3) is 0 Å². The quantitative estimate of drug-likeness (QED) is 0.899. The minimum absolute atomic E-state index is 0. The topological polar surface area (TPSA) is 62.3 Å². The Morgan fingerprint density at radius 3 is 2.92 bits per heavy atom. The third kappa shape index (κ3) is 3.72. The van der Waals surface area contributed by atoms with Crippen LogP contribution in [0.25, 0.3) is 10.9 Å². The lowest BCUT2D eigenvalue weighted by molar-refractivity contribution is 0.263. The van der Waals surface area contributed by atoms with Gasteiger partial charge in [0.1, 0.15) is 4.90 Å². The summed E-state index contributed by atoms with van der Waals surface area (Å²) in [6, 6.07) is 7.35. The smallest absolute Gasteiger partial charge is 0.245 e. The van der Waals surface area contributed by atoms with Gasteiger partial charge in [-0.2, -0.15) is 4.31 Å². The van der Waals surface area contributed by atoms with E-state index in [0.717, 1.165) is 30.3 Å². The van der Waals surface area contributed by atoms with Gasteiger partial charge in [-0.1, -0.05) is 12.1 Å². The maximum atomic E-state index is 13.1. The summed E-state index contributed by atoms with van der Waals surface area (Å²) in [5.74, 6) is 0.369. The number of nitrogens with one attached hydrogen (secondary N) is 1. The molecule has 0 radical (unpaired) electrons. The van der Waals surface area contributed by atoms with E-state index in [1.807, 2.05) is 26.1 Å². The van der Waals surface area contributed by atoms with E-state index in [-0.39, 0.29) is 12.4 Å². The molecule has 1 aliphatic rings. The van der Waals surface area contributed by atoms with Gasteiger partial charge in [0.05, 0.1) is 5.52 Å². The van der Waals surface area contributed by atoms with E-state index in [9.17, 15) is 8.42 Å². The molecule has 0 spiro atoms. The van der Waals surface area contributed by atoms with E-state index < -0.39 is 10.0 Å². The molecule has 1 atom stereocenters. The van der Waals surface area contributed by atoms with Crippen LogP contribution in [0, 0.1) is 12.8 Å². The Kier molecular flexibility index (Phi) is 6.20. The monoisotopic (exact) mass is 369 g/mol. The maximum absolute atomic E-state index is 13.1. The van der Waals surface area contributed by atoms with E-state index in [1.165, 1.54) is 0 Å². The summed E-state index contributed by atoms with van der Waals surface area (Å²) in [6.07, 6.45) is 3.70. The van der Waals surface area contributed by atoms with Crippen molar-refractivity contribution in [2.45, 2.75) is 24.7 Å². The first-order chi connectivity index (χ1) is 11.0. The van der Waals surface area contributed by atoms with Crippen molar-refractivity contribution in [3.8, 4) is 0 Å². The number of rotatable bonds is 4. The average molecular weight is 370 g/mol. The zero-order valence-electron chi connectivity index (χ0n) is 14.0. The first kappa shape index (κ1) is 19.1. The van der Waals surface area contributed by atoms with Gasteiger partial charge < -0.3 is 5.32 Å². The van der Waals surface area contributed by atoms with Crippen molar-refractivity contribution in [3.05, 3.63) is 36.0 Å². The number of hydrogen-bond acceptors (Lipinski definition) is 4. The van der Waals surface area contributed by atoms with Crippen LogP contribution >= 0.6 is 12.4 Å². The Hall–Kier alpha value is -1.21. The Bertz CT molecular complexity index is 809. The second kappa shape index (κ2) is 7.78. The highest BCUT2D eigenvalue weighted by atomic mass is 35.5. The predicted molar refractivity (Wildman–Crippen MR) is 99.1 cm³/mol. The van der Waals surface area contributed by atoms with Crippen LogP contribution in [0.2, 0.25) is 0 Å². The predicted octanol–water partition coefficient (Wildman–Crippen LogP) is 2.59. The molecule has 1 fully saturated rings. The molecular weight excluding hydrogens is 346 g/mol. The number of nitrogens with zero attached hydrogens (tertiary/aromatic N) is 2. The van der Waals surface area contributed by atoms with Crippen LogP contribution in [0.4, 0.5) is 0 Å². The molecule has 24 heavy (non-hydrogen) atoms. The molecule has 1 aliphatic heterocycles. The van der Waals surface area contributed by atoms with Crippen LogP contribution in [0.3, 0.4) is 0 Å². The van der Waals surface area contributed by atoms with E-state index in [4.69, 9.17) is 0 Å². The highest BCUT2D eigenvalue weighted by molar-refractivity contribution is 7.89. The summed E-state index contributed by atoms with van der Waals surface area (Å²) in [7, 11) is -1.60. The summed E-state index contributed by atoms with van der Waals surface area (Å²) in [5.41, 5.74) is 1.59. The van der Waals surface area contributed by atoms with Crippen molar-refractivity contribution >= 4 is 33.3 Å². The molecule has 7 heteroatoms. The minimum atomic E-state index is -3.51. The van der Waals surface area contributed by atoms with E-state index >= 15 is 0 Å². The first-order valence-corrected chi connectivity index (χ1v) is 9.46. The van der Waals surface area contributed by atoms with Gasteiger partial charge in [-0.15, -0.1) is 12.4 Å². The van der Waals surface area contributed by atoms with Gasteiger partial charge in [-0.3, -0.25) is 4.98 Å². The number of aryl methyl sites for hydroxylation is 1. The van der Waals surface area contributed by atoms with Gasteiger partial charge in [0.15, 0.2) is 0 Å². The van der Waals surface area contributed by atoms with Crippen molar-refractivity contribution in [2.24, 2.45) is 5.92 Å². The Morgan fingerprint density at radius 2 is 2.17 bits per heavy atom. The molecule has 0 amide bonds. The van der Waals surface area contributed by atoms with Crippen LogP contribution in [0.5, 0.6) is 0 Å². The number of benzene rings is 1. The molecule has 3 rings (SSSR count). The molecule has 2 heterocycles. The number of fused-ring (bicyclic) bond motifs is 1. The third-order valence-corrected chi connectivity index (χ3v) is 6.30. The SMILES string of the molecule is CNCC1CCCN(S(=O)(=O)c2cccc3cc(C)cnc23)C1.Cl. The maximum Gasteiger partial charge on any atom is 0.245 e. The third-order valence-electron chi connectivity index (χ3n) is 4.40. The van der Waals surface area contributed by atoms with Crippen molar-refractivity contribution < 1.29 is 8.42 Å². The zero-order chi connectivity index (χ0) is 16.4. The molecule has 1 aromatic carbocycles. The lowest BCUT2D eigenvalue weighted by Gasteiger charge is -2.32. The van der Waals surface area contributed by atoms with E-state index in [1.54, 1.807) is 22.6 Å². The first-order valence-electron chi connectivity index (χ1n) is 8.02. The highest BCUT2D eigenvalue weighted by Gasteiger charge is 2.31. The van der Waals surface area contributed by atoms with Gasteiger partial charge in [-0.25, -0.2) is 8.42 Å². The van der Waals surface area contributed by atoms with Crippen molar-refractivity contribution in [2.75, 3.05) is 26.7 Å². The number of piperidine rings is 1. The summed E-state index contributed by atoms with van der Waals surface area (Å²) in [4.78, 5) is 4.70. The van der Waals surface area contributed by atoms with Crippen LogP contribution in [0.1, 0.15) is 18.4 Å². The van der Waals surface area contributed by atoms with E-state index in [0.29, 0.717) is 29.4 Å². The second-order valence-electron chi connectivity index (χ2n) is 6.27. The Balaban J connectivity index is 0.00000208. The number of hydrogen-bond donors (Lipinski definition) is 1. The number of aromatic nitrogens is 1. The molecule has 0 bridgehead atoms. The molecular formula is C17H24ClN3O2S. The standard InChI is InChI=1S/C17H23N3O2S.ClH/c1-13-9-15-6-3-7-16(17(15)19-10-13)23(21,22)20-8-4-5-14(12-20)11-18-2;/h3,6-7,9-10,14,18H,4-5,8,11-12H2,1-2H3;1H.